The number of nitrogens with zero attached hydrogens (tertiary/aromatic N) is 7. The van der Waals surface area contributed by atoms with Crippen molar-refractivity contribution in [3.8, 4) is 22.8 Å². The van der Waals surface area contributed by atoms with Crippen molar-refractivity contribution in [2.45, 2.75) is 70.4 Å². The van der Waals surface area contributed by atoms with Crippen LogP contribution in [0.3, 0.4) is 0 Å². The van der Waals surface area contributed by atoms with Crippen LogP contribution in [0.5, 0.6) is 11.5 Å². The van der Waals surface area contributed by atoms with Gasteiger partial charge in [-0.25, -0.2) is 9.97 Å². The molecule has 0 radical (unpaired) electrons. The summed E-state index contributed by atoms with van der Waals surface area (Å²) >= 11 is 6.88. The first kappa shape index (κ1) is 29.4. The minimum absolute atomic E-state index is 0.165. The van der Waals surface area contributed by atoms with Crippen molar-refractivity contribution in [1.29, 1.82) is 0 Å². The van der Waals surface area contributed by atoms with Gasteiger partial charge in [0, 0.05) is 51.6 Å². The summed E-state index contributed by atoms with van der Waals surface area (Å²) in [5.74, 6) is 2.05. The first-order valence-corrected chi connectivity index (χ1v) is 19.3. The van der Waals surface area contributed by atoms with Gasteiger partial charge in [0.1, 0.15) is 34.6 Å². The van der Waals surface area contributed by atoms with Crippen LogP contribution < -0.4 is 4.74 Å². The van der Waals surface area contributed by atoms with Crippen LogP contribution in [0.4, 0.5) is 0 Å². The van der Waals surface area contributed by atoms with Gasteiger partial charge in [-0.1, -0.05) is 31.2 Å². The average molecular weight is 632 g/mol. The molecule has 1 saturated carbocycles. The van der Waals surface area contributed by atoms with Gasteiger partial charge in [0.2, 0.25) is 0 Å². The molecule has 1 N–H and O–H groups in total. The quantitative estimate of drug-likeness (QED) is 0.142. The number of β-amino-alcohol motifs (C(OH)–C–C–N with tert-alkyl or cyclic N) is 1. The average Bonchev–Trinajstić information content (AvgIpc) is 3.54. The van der Waals surface area contributed by atoms with E-state index in [0.717, 1.165) is 61.0 Å². The van der Waals surface area contributed by atoms with Crippen LogP contribution in [-0.4, -0.2) is 79.2 Å². The molecule has 3 aromatic heterocycles. The van der Waals surface area contributed by atoms with E-state index >= 15 is 0 Å². The van der Waals surface area contributed by atoms with E-state index in [0.29, 0.717) is 52.1 Å². The van der Waals surface area contributed by atoms with Gasteiger partial charge in [0.05, 0.1) is 46.8 Å². The normalized spacial score (nSPS) is 19.4. The summed E-state index contributed by atoms with van der Waals surface area (Å²) in [7, 11) is -1.16. The van der Waals surface area contributed by atoms with Crippen LogP contribution in [0, 0.1) is 6.92 Å². The fraction of sp³-hybridized carbons (Fsp3) is 0.438. The first-order valence-electron chi connectivity index (χ1n) is 15.3. The number of aliphatic hydroxyl groups is 1. The molecule has 2 fully saturated rings. The van der Waals surface area contributed by atoms with Gasteiger partial charge in [-0.3, -0.25) is 14.6 Å². The monoisotopic (exact) mass is 631 g/mol. The highest BCUT2D eigenvalue weighted by atomic mass is 35.5. The second kappa shape index (κ2) is 11.5. The van der Waals surface area contributed by atoms with Crippen LogP contribution in [0.15, 0.2) is 48.9 Å². The lowest BCUT2D eigenvalue weighted by molar-refractivity contribution is -0.0576. The van der Waals surface area contributed by atoms with Crippen molar-refractivity contribution in [3.05, 3.63) is 59.8 Å². The van der Waals surface area contributed by atoms with Crippen molar-refractivity contribution >= 4 is 41.7 Å². The molecule has 0 bridgehead atoms. The number of fused-ring (bicyclic) bond motifs is 2. The summed E-state index contributed by atoms with van der Waals surface area (Å²) in [5, 5.41) is 14.6. The molecule has 10 nitrogen and oxygen atoms in total. The highest BCUT2D eigenvalue weighted by molar-refractivity contribution is 6.76. The number of imidazole rings is 1. The number of aromatic nitrogens is 6. The van der Waals surface area contributed by atoms with E-state index in [4.69, 9.17) is 31.0 Å². The van der Waals surface area contributed by atoms with Crippen molar-refractivity contribution in [3.63, 3.8) is 0 Å². The molecule has 2 aromatic carbocycles. The Morgan fingerprint density at radius 2 is 1.82 bits per heavy atom. The number of benzene rings is 2. The summed E-state index contributed by atoms with van der Waals surface area (Å²) < 4.78 is 16.4. The van der Waals surface area contributed by atoms with Gasteiger partial charge >= 0.3 is 0 Å². The zero-order valence-electron chi connectivity index (χ0n) is 25.6. The third kappa shape index (κ3) is 5.86. The second-order valence-corrected chi connectivity index (χ2v) is 19.3. The summed E-state index contributed by atoms with van der Waals surface area (Å²) in [4.78, 5) is 16.6. The molecule has 44 heavy (non-hydrogen) atoms. The lowest BCUT2D eigenvalue weighted by Crippen LogP contribution is -2.59. The largest absolute Gasteiger partial charge is 0.456 e. The third-order valence-corrected chi connectivity index (χ3v) is 10.8. The topological polar surface area (TPSA) is 103 Å². The highest BCUT2D eigenvalue weighted by Crippen LogP contribution is 2.39. The summed E-state index contributed by atoms with van der Waals surface area (Å²) in [5.41, 5.74) is 4.71. The SMILES string of the molecule is Cc1nc2ccc(Oc3ccc4ncc(-c5cnn(C6CC(N7CC(O)C7)C6)c5)nc4c3Cl)cc2n1COCC[Si](C)(C)C. The van der Waals surface area contributed by atoms with Crippen molar-refractivity contribution in [2.24, 2.45) is 0 Å². The molecule has 1 aliphatic heterocycles. The molecule has 230 valence electrons. The molecule has 7 rings (SSSR count). The van der Waals surface area contributed by atoms with E-state index < -0.39 is 8.07 Å². The van der Waals surface area contributed by atoms with Gasteiger partial charge in [0.25, 0.3) is 0 Å². The van der Waals surface area contributed by atoms with E-state index in [9.17, 15) is 5.11 Å². The zero-order valence-corrected chi connectivity index (χ0v) is 27.3. The lowest BCUT2D eigenvalue weighted by atomic mass is 9.83. The fourth-order valence-corrected chi connectivity index (χ4v) is 6.88. The van der Waals surface area contributed by atoms with Crippen LogP contribution in [0.25, 0.3) is 33.3 Å². The standard InChI is InChI=1S/C32H38ClN7O3Si/c1-20-36-26-6-5-25(13-29(26)39(20)19-42-9-10-44(2,3)4)43-30-8-7-27-32(31(30)33)37-28(15-34-27)21-14-35-40(16-21)23-11-22(12-23)38-17-24(41)18-38/h5-8,13-16,22-24,41H,9-12,17-19H2,1-4H3. The molecule has 1 saturated heterocycles. The third-order valence-electron chi connectivity index (χ3n) is 8.74. The van der Waals surface area contributed by atoms with E-state index in [1.807, 2.05) is 54.3 Å². The van der Waals surface area contributed by atoms with Crippen LogP contribution >= 0.6 is 11.6 Å². The molecule has 12 heteroatoms. The number of aliphatic hydroxyl groups excluding tert-OH is 1. The van der Waals surface area contributed by atoms with Crippen LogP contribution in [0.2, 0.25) is 30.7 Å². The molecule has 5 aromatic rings. The minimum Gasteiger partial charge on any atom is -0.456 e. The molecule has 0 amide bonds. The maximum atomic E-state index is 9.59. The Morgan fingerprint density at radius 3 is 2.59 bits per heavy atom. The number of rotatable bonds is 10. The number of hydrogen-bond acceptors (Lipinski definition) is 8. The van der Waals surface area contributed by atoms with Crippen molar-refractivity contribution in [1.82, 2.24) is 34.2 Å². The number of aryl methyl sites for hydroxylation is 1. The number of halogens is 1. The summed E-state index contributed by atoms with van der Waals surface area (Å²) in [6, 6.07) is 11.5. The molecule has 0 atom stereocenters. The maximum Gasteiger partial charge on any atom is 0.148 e. The Kier molecular flexibility index (Phi) is 7.70. The Labute approximate surface area is 262 Å². The molecular weight excluding hydrogens is 594 g/mol. The van der Waals surface area contributed by atoms with E-state index in [-0.39, 0.29) is 6.10 Å². The van der Waals surface area contributed by atoms with Crippen molar-refractivity contribution < 1.29 is 14.6 Å². The minimum atomic E-state index is -1.16. The number of likely N-dealkylation sites (tertiary alicyclic amines) is 1. The summed E-state index contributed by atoms with van der Waals surface area (Å²) in [6.45, 7) is 11.8. The smallest absolute Gasteiger partial charge is 0.148 e. The Balaban J connectivity index is 1.08. The lowest BCUT2D eigenvalue weighted by Gasteiger charge is -2.49. The Bertz CT molecular complexity index is 1820. The number of hydrogen-bond donors (Lipinski definition) is 1. The van der Waals surface area contributed by atoms with Gasteiger partial charge in [-0.15, -0.1) is 0 Å². The Hall–Kier alpha value is -3.35. The zero-order chi connectivity index (χ0) is 30.6. The molecule has 1 aliphatic carbocycles. The van der Waals surface area contributed by atoms with Crippen LogP contribution in [0.1, 0.15) is 24.7 Å². The predicted octanol–water partition coefficient (Wildman–Crippen LogP) is 6.29. The Morgan fingerprint density at radius 1 is 1.02 bits per heavy atom. The first-order chi connectivity index (χ1) is 21.1. The fourth-order valence-electron chi connectivity index (χ4n) is 5.88. The van der Waals surface area contributed by atoms with Gasteiger partial charge in [-0.2, -0.15) is 5.10 Å². The predicted molar refractivity (Wildman–Crippen MR) is 174 cm³/mol. The molecular formula is C32H38ClN7O3Si. The van der Waals surface area contributed by atoms with E-state index in [2.05, 4.69) is 39.2 Å². The van der Waals surface area contributed by atoms with E-state index in [1.165, 1.54) is 0 Å². The number of ether oxygens (including phenoxy) is 2. The molecule has 0 spiro atoms. The van der Waals surface area contributed by atoms with Gasteiger partial charge in [-0.05, 0) is 50.1 Å². The summed E-state index contributed by atoms with van der Waals surface area (Å²) in [6.07, 6.45) is 7.55. The van der Waals surface area contributed by atoms with E-state index in [1.54, 1.807) is 6.20 Å². The van der Waals surface area contributed by atoms with Gasteiger partial charge in [0.15, 0.2) is 0 Å². The molecule has 4 heterocycles. The molecule has 0 unspecified atom stereocenters. The maximum absolute atomic E-state index is 9.59. The molecule has 2 aliphatic rings. The van der Waals surface area contributed by atoms with Gasteiger partial charge < -0.3 is 19.1 Å². The second-order valence-electron chi connectivity index (χ2n) is 13.3. The van der Waals surface area contributed by atoms with Crippen LogP contribution in [-0.2, 0) is 11.5 Å². The van der Waals surface area contributed by atoms with Crippen molar-refractivity contribution in [2.75, 3.05) is 19.7 Å². The highest BCUT2D eigenvalue weighted by Gasteiger charge is 2.40.